The van der Waals surface area contributed by atoms with Gasteiger partial charge in [-0.3, -0.25) is 28.8 Å². The predicted molar refractivity (Wildman–Crippen MR) is 392 cm³/mol. The number of ether oxygens (including phenoxy) is 7. The number of benzene rings is 2. The van der Waals surface area contributed by atoms with Crippen molar-refractivity contribution in [1.82, 2.24) is 19.9 Å². The molecule has 4 unspecified atom stereocenters. The Morgan fingerprint density at radius 3 is 1.25 bits per heavy atom. The Bertz CT molecular complexity index is 3610. The molecule has 103 heavy (non-hydrogen) atoms. The van der Waals surface area contributed by atoms with E-state index in [-0.39, 0.29) is 92.6 Å². The Balaban J connectivity index is 0.00000184. The number of anilines is 4. The number of aromatic nitrogens is 4. The number of amides is 2. The van der Waals surface area contributed by atoms with Crippen molar-refractivity contribution in [3.63, 3.8) is 0 Å². The summed E-state index contributed by atoms with van der Waals surface area (Å²) in [6.45, 7) is 25.1. The third-order valence-electron chi connectivity index (χ3n) is 13.5. The average Bonchev–Trinajstić information content (AvgIpc) is 0.818. The van der Waals surface area contributed by atoms with Gasteiger partial charge in [0, 0.05) is 64.8 Å². The molecule has 4 atom stereocenters. The van der Waals surface area contributed by atoms with Crippen LogP contribution in [0.2, 0.25) is 0 Å². The zero-order chi connectivity index (χ0) is 76.3. The van der Waals surface area contributed by atoms with E-state index in [1.807, 2.05) is 0 Å². The molecule has 2 aromatic carbocycles. The number of hydrogen-bond donors (Lipinski definition) is 5. The second-order valence-corrected chi connectivity index (χ2v) is 30.0. The van der Waals surface area contributed by atoms with Gasteiger partial charge in [0.25, 0.3) is 20.0 Å². The number of rotatable bonds is 39. The largest absolute Gasteiger partial charge is 0.481 e. The fraction of sp³-hybridized carbons (Fsp3) is 0.565. The summed E-state index contributed by atoms with van der Waals surface area (Å²) < 4.78 is 89.7. The molecule has 0 bridgehead atoms. The van der Waals surface area contributed by atoms with E-state index in [0.717, 1.165) is 25.7 Å². The van der Waals surface area contributed by atoms with E-state index in [9.17, 15) is 64.8 Å². The maximum atomic E-state index is 13.0. The molecular weight excluding hydrogens is 1420 g/mol. The number of hydrogen-bond acceptors (Lipinski definition) is 27. The van der Waals surface area contributed by atoms with Gasteiger partial charge in [-0.15, -0.1) is 11.8 Å². The van der Waals surface area contributed by atoms with Gasteiger partial charge in [-0.1, -0.05) is 54.9 Å². The number of carboxylic acids is 1. The van der Waals surface area contributed by atoms with E-state index < -0.39 is 96.4 Å². The van der Waals surface area contributed by atoms with Crippen molar-refractivity contribution < 1.29 is 103 Å². The van der Waals surface area contributed by atoms with Crippen molar-refractivity contribution in [1.29, 1.82) is 0 Å². The molecule has 0 aliphatic rings. The lowest BCUT2D eigenvalue weighted by Gasteiger charge is -2.23. The topological polar surface area (TPSA) is 424 Å². The minimum absolute atomic E-state index is 0. The first kappa shape index (κ1) is 94.5. The van der Waals surface area contributed by atoms with Crippen molar-refractivity contribution in [2.45, 2.75) is 222 Å². The summed E-state index contributed by atoms with van der Waals surface area (Å²) in [7, 11) is -7.91. The molecule has 0 radical (unpaired) electrons. The monoisotopic (exact) mass is 1520 g/mol. The molecule has 0 fully saturated rings. The third-order valence-corrected chi connectivity index (χ3v) is 18.9. The third kappa shape index (κ3) is 38.0. The molecule has 0 saturated heterocycles. The highest BCUT2D eigenvalue weighted by atomic mass is 32.2. The molecular formula is C69H104N8O22S4. The molecule has 0 spiro atoms. The molecule has 2 amide bonds. The highest BCUT2D eigenvalue weighted by Gasteiger charge is 2.32. The average molecular weight is 1530 g/mol. The summed E-state index contributed by atoms with van der Waals surface area (Å²) in [5.41, 5.74) is 2.38. The summed E-state index contributed by atoms with van der Waals surface area (Å²) in [5, 5.41) is 14.1. The van der Waals surface area contributed by atoms with E-state index in [0.29, 0.717) is 71.5 Å². The molecule has 0 aliphatic heterocycles. The lowest BCUT2D eigenvalue weighted by atomic mass is 9.95. The molecule has 2 aromatic heterocycles. The van der Waals surface area contributed by atoms with Gasteiger partial charge in [-0.05, 0) is 163 Å². The number of carbonyl (C=O) groups is 10. The molecule has 4 rings (SSSR count). The number of aliphatic carboxylic acids is 1. The summed E-state index contributed by atoms with van der Waals surface area (Å²) in [6, 6.07) is 14.7. The zero-order valence-electron chi connectivity index (χ0n) is 59.8. The van der Waals surface area contributed by atoms with E-state index in [4.69, 9.17) is 33.5 Å². The summed E-state index contributed by atoms with van der Waals surface area (Å²) in [6.07, 6.45) is 0.335. The van der Waals surface area contributed by atoms with E-state index in [1.165, 1.54) is 107 Å². The Labute approximate surface area is 614 Å². The Kier molecular flexibility index (Phi) is 43.1. The van der Waals surface area contributed by atoms with Gasteiger partial charge in [0.1, 0.15) is 0 Å². The first-order chi connectivity index (χ1) is 47.2. The molecule has 34 heteroatoms. The highest BCUT2D eigenvalue weighted by molar-refractivity contribution is 8.01. The number of thioether (sulfide) groups is 2. The van der Waals surface area contributed by atoms with E-state index in [1.54, 1.807) is 74.4 Å². The first-order valence-corrected chi connectivity index (χ1v) is 37.5. The molecule has 0 aliphatic carbocycles. The summed E-state index contributed by atoms with van der Waals surface area (Å²) >= 11 is 2.53. The predicted octanol–water partition coefficient (Wildman–Crippen LogP) is 10.6. The van der Waals surface area contributed by atoms with Crippen LogP contribution in [0, 0.1) is 33.1 Å². The molecule has 576 valence electrons. The van der Waals surface area contributed by atoms with Crippen molar-refractivity contribution in [2.75, 3.05) is 57.2 Å². The van der Waals surface area contributed by atoms with Gasteiger partial charge in [-0.25, -0.2) is 65.4 Å². The number of carbonyl (C=O) groups excluding carboxylic acids is 9. The van der Waals surface area contributed by atoms with Crippen LogP contribution in [0.1, 0.15) is 178 Å². The maximum Gasteiger partial charge on any atom is 0.347 e. The van der Waals surface area contributed by atoms with E-state index in [2.05, 4.69) is 51.7 Å². The number of esters is 7. The number of aryl methyl sites for hydroxylation is 4. The van der Waals surface area contributed by atoms with Crippen LogP contribution in [-0.4, -0.2) is 168 Å². The normalized spacial score (nSPS) is 12.2. The number of nitrogens with zero attached hydrogens (tertiary/aromatic N) is 4. The molecule has 0 saturated carbocycles. The van der Waals surface area contributed by atoms with Crippen LogP contribution in [0.25, 0.3) is 0 Å². The van der Waals surface area contributed by atoms with Gasteiger partial charge in [-0.2, -0.15) is 11.8 Å². The maximum absolute atomic E-state index is 13.0. The fourth-order valence-corrected chi connectivity index (χ4v) is 12.0. The lowest BCUT2D eigenvalue weighted by Crippen LogP contribution is -2.35. The molecule has 4 aromatic rings. The van der Waals surface area contributed by atoms with Crippen LogP contribution in [-0.2, 0) is 101 Å². The van der Waals surface area contributed by atoms with Crippen LogP contribution in [0.4, 0.5) is 23.3 Å². The quantitative estimate of drug-likeness (QED) is 0.0157. The number of nitrogens with one attached hydrogen (secondary N) is 4. The smallest absolute Gasteiger partial charge is 0.347 e. The SMILES string of the molecule is C.C.CCCCCCOC(=O)C(C)OC(=O)C(C)OC(=O)CCSC(C)(C)C(=O)Nc1ccc(S(=O)(=O)Nc2nc(C)cc(C)n2)cc1.CCOC(C)=O.Cc1cc(C)nc(NS(=O)(=O)c2ccc(NC(=O)C(C)(C)CSCCC(=O)OC(C)C(=O)OC(C)C(=O)OCCCCCC(=O)O)cc2)n1. The minimum atomic E-state index is -3.96. The molecule has 2 heterocycles. The second kappa shape index (κ2) is 47.0. The highest BCUT2D eigenvalue weighted by Crippen LogP contribution is 2.29. The van der Waals surface area contributed by atoms with Gasteiger partial charge in [0.15, 0.2) is 24.4 Å². The summed E-state index contributed by atoms with van der Waals surface area (Å²) in [5.74, 6) is -5.56. The first-order valence-electron chi connectivity index (χ1n) is 32.4. The second-order valence-electron chi connectivity index (χ2n) is 23.9. The van der Waals surface area contributed by atoms with Gasteiger partial charge in [0.05, 0.1) is 52.6 Å². The van der Waals surface area contributed by atoms with Gasteiger partial charge >= 0.3 is 47.8 Å². The van der Waals surface area contributed by atoms with E-state index >= 15 is 0 Å². The number of carboxylic acid groups (broad SMARTS) is 1. The van der Waals surface area contributed by atoms with Crippen LogP contribution in [0.3, 0.4) is 0 Å². The Hall–Kier alpha value is -8.50. The zero-order valence-corrected chi connectivity index (χ0v) is 63.1. The standard InChI is InChI=1S/C32H44N4O11S2.C31H44N4O9S2.C4H8O2.2CH4/c1-20-18-21(2)34-31(33-20)36-49(43,44)25-13-11-24(12-14-25)35-30(42)32(5,6)19-48-17-15-27(39)46-23(4)29(41)47-22(3)28(40)45-16-9-7-8-10-26(37)38;1-8-9-10-11-17-42-27(37)22(4)44-28(38)23(5)43-26(36)16-18-45-31(6,7)29(39)34-24-12-14-25(15-13-24)46(40,41)35-30-32-20(2)19-21(3)33-30;1-3-6-4(2)5;;/h11-14,18,22-23H,7-10,15-17,19H2,1-6H3,(H,35,42)(H,37,38)(H,33,34,36);12-15,19,22-23H,8-11,16-18H2,1-7H3,(H,34,39)(H,32,33,35);3H2,1-2H3;2*1H4. The van der Waals surface area contributed by atoms with Crippen molar-refractivity contribution >= 4 is 126 Å². The fourth-order valence-electron chi connectivity index (χ4n) is 8.03. The van der Waals surface area contributed by atoms with Gasteiger partial charge in [0.2, 0.25) is 23.7 Å². The lowest BCUT2D eigenvalue weighted by molar-refractivity contribution is -0.176. The minimum Gasteiger partial charge on any atom is -0.481 e. The molecule has 5 N–H and O–H groups in total. The Morgan fingerprint density at radius 2 is 0.883 bits per heavy atom. The van der Waals surface area contributed by atoms with Crippen molar-refractivity contribution in [3.05, 3.63) is 83.4 Å². The number of sulfonamides is 2. The van der Waals surface area contributed by atoms with Crippen LogP contribution in [0.15, 0.2) is 70.5 Å². The van der Waals surface area contributed by atoms with Crippen LogP contribution in [0.5, 0.6) is 0 Å². The number of unbranched alkanes of at least 4 members (excludes halogenated alkanes) is 5. The van der Waals surface area contributed by atoms with Crippen molar-refractivity contribution in [2.24, 2.45) is 5.41 Å². The van der Waals surface area contributed by atoms with Crippen molar-refractivity contribution in [3.8, 4) is 0 Å². The Morgan fingerprint density at radius 1 is 0.505 bits per heavy atom. The van der Waals surface area contributed by atoms with Gasteiger partial charge < -0.3 is 48.9 Å². The van der Waals surface area contributed by atoms with Crippen LogP contribution < -0.4 is 20.1 Å². The van der Waals surface area contributed by atoms with Crippen LogP contribution >= 0.6 is 23.5 Å². The summed E-state index contributed by atoms with van der Waals surface area (Å²) in [4.78, 5) is 136. The molecule has 30 nitrogen and oxygen atoms in total.